The van der Waals surface area contributed by atoms with E-state index in [1.54, 1.807) is 27.2 Å². The van der Waals surface area contributed by atoms with Crippen molar-refractivity contribution >= 4 is 43.2 Å². The molecule has 3 atom stereocenters. The summed E-state index contributed by atoms with van der Waals surface area (Å²) in [4.78, 5) is 18.6. The third kappa shape index (κ3) is 5.20. The Morgan fingerprint density at radius 1 is 1.24 bits per heavy atom. The predicted molar refractivity (Wildman–Crippen MR) is 148 cm³/mol. The molecule has 1 fully saturated rings. The molecule has 3 aromatic rings. The largest absolute Gasteiger partial charge is 0.387 e. The molecule has 0 aromatic carbocycles. The van der Waals surface area contributed by atoms with Crippen molar-refractivity contribution in [3.05, 3.63) is 35.8 Å². The summed E-state index contributed by atoms with van der Waals surface area (Å²) in [6, 6.07) is 1.44. The number of methoxy groups -OCH3 is 1. The van der Waals surface area contributed by atoms with Gasteiger partial charge < -0.3 is 20.5 Å². The van der Waals surface area contributed by atoms with Crippen LogP contribution in [-0.2, 0) is 14.6 Å². The topological polar surface area (TPSA) is 139 Å². The van der Waals surface area contributed by atoms with Crippen LogP contribution in [0.15, 0.2) is 24.4 Å². The number of thiazole rings is 1. The van der Waals surface area contributed by atoms with Gasteiger partial charge in [0, 0.05) is 32.0 Å². The fourth-order valence-corrected chi connectivity index (χ4v) is 6.54. The zero-order chi connectivity index (χ0) is 27.1. The van der Waals surface area contributed by atoms with Crippen LogP contribution in [0.25, 0.3) is 20.8 Å². The first-order chi connectivity index (χ1) is 17.3. The van der Waals surface area contributed by atoms with Crippen molar-refractivity contribution in [2.24, 2.45) is 5.92 Å². The third-order valence-electron chi connectivity index (χ3n) is 7.20. The van der Waals surface area contributed by atoms with Crippen LogP contribution in [0.1, 0.15) is 31.7 Å². The van der Waals surface area contributed by atoms with Gasteiger partial charge in [-0.25, -0.2) is 18.4 Å². The number of ether oxygens (including phenoxy) is 1. The van der Waals surface area contributed by atoms with E-state index in [0.29, 0.717) is 42.6 Å². The highest BCUT2D eigenvalue weighted by atomic mass is 32.2. The lowest BCUT2D eigenvalue weighted by molar-refractivity contribution is 0.205. The molecular weight excluding hydrogens is 512 g/mol. The highest BCUT2D eigenvalue weighted by Gasteiger charge is 2.49. The van der Waals surface area contributed by atoms with E-state index in [2.05, 4.69) is 27.2 Å². The molecule has 3 heterocycles. The fourth-order valence-electron chi connectivity index (χ4n) is 4.67. The minimum absolute atomic E-state index is 0.387. The first-order valence-electron chi connectivity index (χ1n) is 12.0. The highest BCUT2D eigenvalue weighted by molar-refractivity contribution is 7.92. The minimum atomic E-state index is -3.40. The number of aliphatic hydroxyl groups excluding tert-OH is 1. The number of sulfone groups is 1. The number of rotatable bonds is 9. The lowest BCUT2D eigenvalue weighted by Crippen LogP contribution is -2.39. The van der Waals surface area contributed by atoms with Gasteiger partial charge in [0.05, 0.1) is 45.2 Å². The van der Waals surface area contributed by atoms with Crippen LogP contribution in [0, 0.1) is 19.8 Å². The van der Waals surface area contributed by atoms with Crippen molar-refractivity contribution in [3.63, 3.8) is 0 Å². The van der Waals surface area contributed by atoms with Crippen molar-refractivity contribution in [2.75, 3.05) is 37.2 Å². The molecular formula is C25H34N6O4S2. The number of aryl methyl sites for hydroxylation is 2. The van der Waals surface area contributed by atoms with Gasteiger partial charge in [-0.1, -0.05) is 6.58 Å². The molecule has 1 saturated carbocycles. The number of aromatic nitrogens is 4. The summed E-state index contributed by atoms with van der Waals surface area (Å²) in [5, 5.41) is 18.4. The van der Waals surface area contributed by atoms with Crippen molar-refractivity contribution in [1.29, 1.82) is 0 Å². The zero-order valence-corrected chi connectivity index (χ0v) is 23.6. The normalized spacial score (nSPS) is 20.5. The lowest BCUT2D eigenvalue weighted by atomic mass is 9.90. The molecule has 0 radical (unpaired) electrons. The van der Waals surface area contributed by atoms with E-state index in [9.17, 15) is 13.5 Å². The summed E-state index contributed by atoms with van der Waals surface area (Å²) in [5.74, 6) is 0.502. The number of hydrogen-bond acceptors (Lipinski definition) is 11. The third-order valence-corrected chi connectivity index (χ3v) is 10.4. The number of nitrogens with one attached hydrogen (secondary N) is 2. The van der Waals surface area contributed by atoms with Crippen molar-refractivity contribution in [3.8, 4) is 10.6 Å². The zero-order valence-electron chi connectivity index (χ0n) is 22.0. The van der Waals surface area contributed by atoms with Crippen LogP contribution in [0.2, 0.25) is 0 Å². The molecule has 3 aromatic heterocycles. The molecule has 10 nitrogen and oxygen atoms in total. The highest BCUT2D eigenvalue weighted by Crippen LogP contribution is 2.44. The molecule has 3 N–H and O–H groups in total. The van der Waals surface area contributed by atoms with Crippen LogP contribution in [0.5, 0.6) is 0 Å². The minimum Gasteiger partial charge on any atom is -0.387 e. The Morgan fingerprint density at radius 3 is 2.62 bits per heavy atom. The van der Waals surface area contributed by atoms with E-state index >= 15 is 0 Å². The molecule has 200 valence electrons. The number of anilines is 2. The van der Waals surface area contributed by atoms with E-state index in [-0.39, 0.29) is 0 Å². The maximum absolute atomic E-state index is 12.5. The van der Waals surface area contributed by atoms with Gasteiger partial charge in [-0.2, -0.15) is 4.98 Å². The van der Waals surface area contributed by atoms with E-state index < -0.39 is 32.6 Å². The quantitative estimate of drug-likeness (QED) is 0.270. The van der Waals surface area contributed by atoms with Gasteiger partial charge >= 0.3 is 0 Å². The van der Waals surface area contributed by atoms with Gasteiger partial charge in [-0.3, -0.25) is 4.98 Å². The van der Waals surface area contributed by atoms with Crippen molar-refractivity contribution < 1.29 is 18.3 Å². The Kier molecular flexibility index (Phi) is 7.57. The molecule has 0 saturated heterocycles. The van der Waals surface area contributed by atoms with Crippen molar-refractivity contribution in [2.45, 2.75) is 51.0 Å². The molecule has 1 aliphatic carbocycles. The second kappa shape index (κ2) is 10.2. The van der Waals surface area contributed by atoms with Gasteiger partial charge in [0.15, 0.2) is 9.84 Å². The number of nitrogens with zero attached hydrogens (tertiary/aromatic N) is 4. The molecule has 0 amide bonds. The molecule has 37 heavy (non-hydrogen) atoms. The first-order valence-corrected chi connectivity index (χ1v) is 14.7. The van der Waals surface area contributed by atoms with Crippen LogP contribution < -0.4 is 10.6 Å². The Balaban J connectivity index is 1.76. The van der Waals surface area contributed by atoms with E-state index in [1.165, 1.54) is 17.6 Å². The molecule has 4 rings (SSSR count). The van der Waals surface area contributed by atoms with Gasteiger partial charge in [-0.05, 0) is 45.8 Å². The SMILES string of the molecule is C=C1[C@@H](O)[C@H](Nc2nc(NCCOC)nc(C)c2-c2nc3c(C)nccc3s2)C[C@@H]1C(C)(C)S(C)(=O)=O. The molecule has 0 spiro atoms. The van der Waals surface area contributed by atoms with Gasteiger partial charge in [-0.15, -0.1) is 11.3 Å². The second-order valence-corrected chi connectivity index (χ2v) is 13.6. The summed E-state index contributed by atoms with van der Waals surface area (Å²) < 4.78 is 30.1. The smallest absolute Gasteiger partial charge is 0.224 e. The van der Waals surface area contributed by atoms with E-state index in [0.717, 1.165) is 26.5 Å². The summed E-state index contributed by atoms with van der Waals surface area (Å²) in [7, 11) is -1.77. The Morgan fingerprint density at radius 2 is 1.97 bits per heavy atom. The van der Waals surface area contributed by atoms with Crippen LogP contribution in [0.3, 0.4) is 0 Å². The summed E-state index contributed by atoms with van der Waals surface area (Å²) in [6.45, 7) is 12.2. The number of hydrogen-bond donors (Lipinski definition) is 3. The average molecular weight is 547 g/mol. The van der Waals surface area contributed by atoms with Crippen molar-refractivity contribution in [1.82, 2.24) is 19.9 Å². The number of aliphatic hydroxyl groups is 1. The standard InChI is InChI=1S/C25H34N6O4S2/c1-13-16(25(4,5)37(7,33)34)12-17(21(13)32)29-22-19(14(2)28-24(31-22)27-10-11-35-6)23-30-20-15(3)26-9-8-18(20)36-23/h8-9,16-17,21,32H,1,10-12H2,2-7H3,(H2,27,28,29,31)/t16-,17+,21+/m0/s1. The van der Waals surface area contributed by atoms with E-state index in [4.69, 9.17) is 14.7 Å². The Bertz CT molecular complexity index is 1440. The van der Waals surface area contributed by atoms with Gasteiger partial charge in [0.1, 0.15) is 16.3 Å². The predicted octanol–water partition coefficient (Wildman–Crippen LogP) is 3.36. The lowest BCUT2D eigenvalue weighted by Gasteiger charge is -2.30. The molecule has 0 bridgehead atoms. The number of fused-ring (bicyclic) bond motifs is 1. The maximum Gasteiger partial charge on any atom is 0.224 e. The monoisotopic (exact) mass is 546 g/mol. The number of pyridine rings is 1. The second-order valence-electron chi connectivity index (χ2n) is 9.97. The van der Waals surface area contributed by atoms with E-state index in [1.807, 2.05) is 19.9 Å². The van der Waals surface area contributed by atoms with Gasteiger partial charge in [0.2, 0.25) is 5.95 Å². The molecule has 0 unspecified atom stereocenters. The summed E-state index contributed by atoms with van der Waals surface area (Å²) in [5.41, 5.74) is 3.59. The molecule has 0 aliphatic heterocycles. The summed E-state index contributed by atoms with van der Waals surface area (Å²) >= 11 is 1.52. The Labute approximate surface area is 221 Å². The van der Waals surface area contributed by atoms with Crippen LogP contribution >= 0.6 is 11.3 Å². The van der Waals surface area contributed by atoms with Crippen LogP contribution in [-0.4, -0.2) is 76.9 Å². The Hall–Kier alpha value is -2.67. The maximum atomic E-state index is 12.5. The molecule has 12 heteroatoms. The fraction of sp³-hybridized carbons (Fsp3) is 0.520. The van der Waals surface area contributed by atoms with Crippen LogP contribution in [0.4, 0.5) is 11.8 Å². The average Bonchev–Trinajstić information content (AvgIpc) is 3.36. The molecule has 1 aliphatic rings. The first kappa shape index (κ1) is 27.4. The van der Waals surface area contributed by atoms with Gasteiger partial charge in [0.25, 0.3) is 0 Å². The summed E-state index contributed by atoms with van der Waals surface area (Å²) in [6.07, 6.45) is 2.43.